The van der Waals surface area contributed by atoms with Crippen LogP contribution in [0.5, 0.6) is 0 Å². The molecule has 0 radical (unpaired) electrons. The lowest BCUT2D eigenvalue weighted by Gasteiger charge is -2.10. The minimum absolute atomic E-state index is 0.163. The van der Waals surface area contributed by atoms with Crippen molar-refractivity contribution in [3.8, 4) is 0 Å². The van der Waals surface area contributed by atoms with E-state index in [0.717, 1.165) is 43.4 Å². The molecule has 0 bridgehead atoms. The normalized spacial score (nSPS) is 21.6. The molecule has 0 aromatic heterocycles. The van der Waals surface area contributed by atoms with Crippen LogP contribution < -0.4 is 10.6 Å². The summed E-state index contributed by atoms with van der Waals surface area (Å²) in [5, 5.41) is 6.69. The van der Waals surface area contributed by atoms with Crippen molar-refractivity contribution in [3.63, 3.8) is 0 Å². The van der Waals surface area contributed by atoms with Gasteiger partial charge in [-0.25, -0.2) is 4.39 Å². The minimum Gasteiger partial charge on any atom is -0.357 e. The highest BCUT2D eigenvalue weighted by atomic mass is 19.1. The number of benzene rings is 1. The number of halogens is 1. The molecular formula is C16H24FN3. The number of aliphatic imine (C=N–C) groups is 1. The molecule has 0 saturated heterocycles. The second kappa shape index (κ2) is 7.27. The van der Waals surface area contributed by atoms with E-state index in [1.807, 2.05) is 6.07 Å². The molecule has 1 aromatic carbocycles. The van der Waals surface area contributed by atoms with E-state index < -0.39 is 0 Å². The van der Waals surface area contributed by atoms with Crippen LogP contribution in [0.1, 0.15) is 32.3 Å². The predicted octanol–water partition coefficient (Wildman–Crippen LogP) is 2.72. The zero-order valence-corrected chi connectivity index (χ0v) is 12.3. The maximum absolute atomic E-state index is 13.0. The lowest BCUT2D eigenvalue weighted by Crippen LogP contribution is -2.39. The Morgan fingerprint density at radius 1 is 1.45 bits per heavy atom. The Hall–Kier alpha value is -1.58. The van der Waals surface area contributed by atoms with Crippen molar-refractivity contribution >= 4 is 5.96 Å². The summed E-state index contributed by atoms with van der Waals surface area (Å²) in [6, 6.07) is 7.37. The average molecular weight is 277 g/mol. The third-order valence-corrected chi connectivity index (χ3v) is 3.56. The van der Waals surface area contributed by atoms with Crippen molar-refractivity contribution in [2.45, 2.75) is 39.2 Å². The van der Waals surface area contributed by atoms with Crippen molar-refractivity contribution in [1.82, 2.24) is 10.6 Å². The second-order valence-corrected chi connectivity index (χ2v) is 5.46. The van der Waals surface area contributed by atoms with E-state index in [1.165, 1.54) is 12.5 Å². The Bertz CT molecular complexity index is 459. The lowest BCUT2D eigenvalue weighted by molar-refractivity contribution is 0.624. The Labute approximate surface area is 120 Å². The molecule has 0 amide bonds. The first-order valence-corrected chi connectivity index (χ1v) is 7.48. The summed E-state index contributed by atoms with van der Waals surface area (Å²) in [6.07, 6.45) is 3.02. The second-order valence-electron chi connectivity index (χ2n) is 5.46. The number of rotatable bonds is 6. The molecule has 2 atom stereocenters. The van der Waals surface area contributed by atoms with Crippen molar-refractivity contribution in [1.29, 1.82) is 0 Å². The Balaban J connectivity index is 1.74. The highest BCUT2D eigenvalue weighted by molar-refractivity contribution is 5.80. The molecular weight excluding hydrogens is 253 g/mol. The fraction of sp³-hybridized carbons (Fsp3) is 0.562. The van der Waals surface area contributed by atoms with E-state index in [4.69, 9.17) is 0 Å². The molecule has 1 aliphatic carbocycles. The molecule has 1 aliphatic rings. The molecule has 1 aromatic rings. The number of nitrogens with one attached hydrogen (secondary N) is 2. The molecule has 2 unspecified atom stereocenters. The summed E-state index contributed by atoms with van der Waals surface area (Å²) < 4.78 is 13.0. The molecule has 110 valence electrons. The quantitative estimate of drug-likeness (QED) is 0.476. The Kier molecular flexibility index (Phi) is 5.39. The zero-order valence-electron chi connectivity index (χ0n) is 12.3. The fourth-order valence-electron chi connectivity index (χ4n) is 2.19. The number of hydrogen-bond acceptors (Lipinski definition) is 1. The summed E-state index contributed by atoms with van der Waals surface area (Å²) in [7, 11) is 0. The van der Waals surface area contributed by atoms with Crippen molar-refractivity contribution in [2.24, 2.45) is 10.9 Å². The Morgan fingerprint density at radius 3 is 2.90 bits per heavy atom. The standard InChI is InChI=1S/C16H24FN3/c1-3-18-16(20-15-10-12(15)2)19-9-5-7-13-6-4-8-14(17)11-13/h4,6,8,11-12,15H,3,5,7,9-10H2,1-2H3,(H2,18,19,20). The molecule has 0 heterocycles. The average Bonchev–Trinajstić information content (AvgIpc) is 3.10. The molecule has 20 heavy (non-hydrogen) atoms. The molecule has 1 saturated carbocycles. The van der Waals surface area contributed by atoms with Crippen LogP contribution in [-0.4, -0.2) is 25.1 Å². The van der Waals surface area contributed by atoms with Gasteiger partial charge in [-0.1, -0.05) is 19.1 Å². The zero-order chi connectivity index (χ0) is 14.4. The molecule has 3 nitrogen and oxygen atoms in total. The van der Waals surface area contributed by atoms with Crippen LogP contribution >= 0.6 is 0 Å². The number of nitrogens with zero attached hydrogens (tertiary/aromatic N) is 1. The van der Waals surface area contributed by atoms with Gasteiger partial charge in [-0.05, 0) is 49.8 Å². The van der Waals surface area contributed by atoms with E-state index in [-0.39, 0.29) is 5.82 Å². The third kappa shape index (κ3) is 4.83. The number of aryl methyl sites for hydroxylation is 1. The van der Waals surface area contributed by atoms with Gasteiger partial charge in [0.2, 0.25) is 0 Å². The van der Waals surface area contributed by atoms with Gasteiger partial charge in [-0.2, -0.15) is 0 Å². The van der Waals surface area contributed by atoms with Crippen LogP contribution in [-0.2, 0) is 6.42 Å². The highest BCUT2D eigenvalue weighted by Crippen LogP contribution is 2.28. The fourth-order valence-corrected chi connectivity index (χ4v) is 2.19. The monoisotopic (exact) mass is 277 g/mol. The van der Waals surface area contributed by atoms with E-state index in [0.29, 0.717) is 6.04 Å². The van der Waals surface area contributed by atoms with Crippen molar-refractivity contribution < 1.29 is 4.39 Å². The molecule has 4 heteroatoms. The molecule has 1 fully saturated rings. The first-order chi connectivity index (χ1) is 9.69. The lowest BCUT2D eigenvalue weighted by atomic mass is 10.1. The van der Waals surface area contributed by atoms with Crippen molar-refractivity contribution in [3.05, 3.63) is 35.6 Å². The largest absolute Gasteiger partial charge is 0.357 e. The summed E-state index contributed by atoms with van der Waals surface area (Å²) in [6.45, 7) is 5.94. The Morgan fingerprint density at radius 2 is 2.25 bits per heavy atom. The maximum Gasteiger partial charge on any atom is 0.191 e. The molecule has 0 spiro atoms. The minimum atomic E-state index is -0.163. The van der Waals surface area contributed by atoms with E-state index in [1.54, 1.807) is 12.1 Å². The van der Waals surface area contributed by atoms with Crippen LogP contribution in [0.3, 0.4) is 0 Å². The predicted molar refractivity (Wildman–Crippen MR) is 81.4 cm³/mol. The van der Waals surface area contributed by atoms with E-state index >= 15 is 0 Å². The SMILES string of the molecule is CCNC(=NCCCc1cccc(F)c1)NC1CC1C. The van der Waals surface area contributed by atoms with Crippen LogP contribution in [0, 0.1) is 11.7 Å². The van der Waals surface area contributed by atoms with Gasteiger partial charge < -0.3 is 10.6 Å². The summed E-state index contributed by atoms with van der Waals surface area (Å²) in [5.41, 5.74) is 1.04. The smallest absolute Gasteiger partial charge is 0.191 e. The molecule has 0 aliphatic heterocycles. The topological polar surface area (TPSA) is 36.4 Å². The van der Waals surface area contributed by atoms with Crippen LogP contribution in [0.15, 0.2) is 29.3 Å². The number of guanidine groups is 1. The highest BCUT2D eigenvalue weighted by Gasteiger charge is 2.33. The summed E-state index contributed by atoms with van der Waals surface area (Å²) in [5.74, 6) is 1.50. The van der Waals surface area contributed by atoms with Crippen LogP contribution in [0.25, 0.3) is 0 Å². The first-order valence-electron chi connectivity index (χ1n) is 7.48. The van der Waals surface area contributed by atoms with Crippen molar-refractivity contribution in [2.75, 3.05) is 13.1 Å². The van der Waals surface area contributed by atoms with Crippen LogP contribution in [0.2, 0.25) is 0 Å². The van der Waals surface area contributed by atoms with Gasteiger partial charge in [0.15, 0.2) is 5.96 Å². The van der Waals surface area contributed by atoms with Gasteiger partial charge in [0.05, 0.1) is 0 Å². The van der Waals surface area contributed by atoms with Gasteiger partial charge in [0.1, 0.15) is 5.82 Å². The van der Waals surface area contributed by atoms with Gasteiger partial charge in [-0.15, -0.1) is 0 Å². The third-order valence-electron chi connectivity index (χ3n) is 3.56. The molecule has 2 N–H and O–H groups in total. The first kappa shape index (κ1) is 14.8. The van der Waals surface area contributed by atoms with Gasteiger partial charge >= 0.3 is 0 Å². The summed E-state index contributed by atoms with van der Waals surface area (Å²) in [4.78, 5) is 4.57. The van der Waals surface area contributed by atoms with Gasteiger partial charge in [0.25, 0.3) is 0 Å². The number of hydrogen-bond donors (Lipinski definition) is 2. The van der Waals surface area contributed by atoms with Gasteiger partial charge in [-0.3, -0.25) is 4.99 Å². The van der Waals surface area contributed by atoms with E-state index in [9.17, 15) is 4.39 Å². The van der Waals surface area contributed by atoms with Crippen LogP contribution in [0.4, 0.5) is 4.39 Å². The molecule has 2 rings (SSSR count). The van der Waals surface area contributed by atoms with E-state index in [2.05, 4.69) is 29.5 Å². The summed E-state index contributed by atoms with van der Waals surface area (Å²) >= 11 is 0. The van der Waals surface area contributed by atoms with Gasteiger partial charge in [0, 0.05) is 19.1 Å². The maximum atomic E-state index is 13.0.